The van der Waals surface area contributed by atoms with Crippen molar-refractivity contribution in [2.24, 2.45) is 0 Å². The molecule has 0 bridgehead atoms. The molecule has 2 aromatic heterocycles. The Balaban J connectivity index is 1.75. The van der Waals surface area contributed by atoms with Crippen molar-refractivity contribution >= 4 is 6.03 Å². The maximum absolute atomic E-state index is 12.5. The Labute approximate surface area is 147 Å². The minimum atomic E-state index is -0.250. The number of urea groups is 1. The summed E-state index contributed by atoms with van der Waals surface area (Å²) in [5.41, 5.74) is 2.80. The molecule has 2 amide bonds. The molecule has 2 N–H and O–H groups in total. The van der Waals surface area contributed by atoms with E-state index >= 15 is 0 Å². The summed E-state index contributed by atoms with van der Waals surface area (Å²) in [5, 5.41) is 5.98. The highest BCUT2D eigenvalue weighted by molar-refractivity contribution is 5.75. The van der Waals surface area contributed by atoms with Crippen LogP contribution in [0.2, 0.25) is 0 Å². The van der Waals surface area contributed by atoms with Crippen LogP contribution in [-0.4, -0.2) is 16.0 Å². The summed E-state index contributed by atoms with van der Waals surface area (Å²) in [6, 6.07) is 18.6. The lowest BCUT2D eigenvalue weighted by Gasteiger charge is -2.21. The van der Waals surface area contributed by atoms with Crippen LogP contribution in [0, 0.1) is 0 Å². The lowest BCUT2D eigenvalue weighted by atomic mass is 10.00. The summed E-state index contributed by atoms with van der Waals surface area (Å²) in [7, 11) is 0. The van der Waals surface area contributed by atoms with Crippen molar-refractivity contribution in [1.29, 1.82) is 0 Å². The van der Waals surface area contributed by atoms with Gasteiger partial charge < -0.3 is 10.6 Å². The van der Waals surface area contributed by atoms with Crippen LogP contribution >= 0.6 is 0 Å². The third kappa shape index (κ3) is 4.41. The van der Waals surface area contributed by atoms with Crippen molar-refractivity contribution < 1.29 is 4.79 Å². The van der Waals surface area contributed by atoms with Gasteiger partial charge in [-0.1, -0.05) is 36.4 Å². The Kier molecular flexibility index (Phi) is 5.36. The van der Waals surface area contributed by atoms with E-state index in [1.54, 1.807) is 18.6 Å². The monoisotopic (exact) mass is 332 g/mol. The number of aromatic nitrogens is 2. The molecule has 0 unspecified atom stereocenters. The van der Waals surface area contributed by atoms with Crippen LogP contribution < -0.4 is 10.6 Å². The van der Waals surface area contributed by atoms with Gasteiger partial charge in [-0.25, -0.2) is 4.79 Å². The third-order valence-corrected chi connectivity index (χ3v) is 3.93. The Bertz CT molecular complexity index is 754. The molecule has 5 nitrogen and oxygen atoms in total. The van der Waals surface area contributed by atoms with Crippen molar-refractivity contribution in [3.63, 3.8) is 0 Å². The number of carbonyl (C=O) groups is 1. The summed E-state index contributed by atoms with van der Waals surface area (Å²) in [5.74, 6) is 0. The van der Waals surface area contributed by atoms with Gasteiger partial charge in [0.15, 0.2) is 0 Å². The van der Waals surface area contributed by atoms with Crippen LogP contribution in [0.25, 0.3) is 0 Å². The zero-order chi connectivity index (χ0) is 17.5. The van der Waals surface area contributed by atoms with Crippen molar-refractivity contribution in [2.75, 3.05) is 0 Å². The fourth-order valence-corrected chi connectivity index (χ4v) is 2.64. The van der Waals surface area contributed by atoms with E-state index in [0.29, 0.717) is 0 Å². The highest BCUT2D eigenvalue weighted by Gasteiger charge is 2.18. The molecule has 0 aliphatic carbocycles. The SMILES string of the molecule is C[C@H](NC(=O)N[C@@H](c1ccccc1)c1ccncc1)c1ccccn1. The first-order valence-corrected chi connectivity index (χ1v) is 8.17. The Morgan fingerprint density at radius 3 is 2.20 bits per heavy atom. The second-order valence-electron chi connectivity index (χ2n) is 5.72. The number of pyridine rings is 2. The molecule has 5 heteroatoms. The van der Waals surface area contributed by atoms with Gasteiger partial charge in [-0.3, -0.25) is 9.97 Å². The molecule has 3 rings (SSSR count). The van der Waals surface area contributed by atoms with Crippen LogP contribution in [0.4, 0.5) is 4.79 Å². The first-order valence-electron chi connectivity index (χ1n) is 8.17. The maximum Gasteiger partial charge on any atom is 0.316 e. The van der Waals surface area contributed by atoms with Gasteiger partial charge in [0.05, 0.1) is 17.8 Å². The van der Waals surface area contributed by atoms with Gasteiger partial charge >= 0.3 is 6.03 Å². The zero-order valence-corrected chi connectivity index (χ0v) is 14.0. The zero-order valence-electron chi connectivity index (χ0n) is 14.0. The van der Waals surface area contributed by atoms with E-state index in [0.717, 1.165) is 16.8 Å². The normalized spacial score (nSPS) is 12.8. The molecule has 1 aromatic carbocycles. The van der Waals surface area contributed by atoms with Crippen LogP contribution in [0.15, 0.2) is 79.3 Å². The van der Waals surface area contributed by atoms with E-state index in [-0.39, 0.29) is 18.1 Å². The average Bonchev–Trinajstić information content (AvgIpc) is 2.68. The third-order valence-electron chi connectivity index (χ3n) is 3.93. The quantitative estimate of drug-likeness (QED) is 0.750. The molecule has 2 atom stereocenters. The Morgan fingerprint density at radius 2 is 1.52 bits per heavy atom. The number of benzene rings is 1. The number of amides is 2. The van der Waals surface area contributed by atoms with Crippen LogP contribution in [0.5, 0.6) is 0 Å². The van der Waals surface area contributed by atoms with Gasteiger partial charge in [0.25, 0.3) is 0 Å². The van der Waals surface area contributed by atoms with Crippen LogP contribution in [0.3, 0.4) is 0 Å². The second kappa shape index (κ2) is 8.06. The molecular formula is C20H20N4O. The largest absolute Gasteiger partial charge is 0.330 e. The lowest BCUT2D eigenvalue weighted by molar-refractivity contribution is 0.235. The van der Waals surface area contributed by atoms with Crippen molar-refractivity contribution in [1.82, 2.24) is 20.6 Å². The molecule has 0 radical (unpaired) electrons. The molecule has 0 fully saturated rings. The number of hydrogen-bond donors (Lipinski definition) is 2. The van der Waals surface area contributed by atoms with Gasteiger partial charge in [0, 0.05) is 18.6 Å². The molecule has 0 spiro atoms. The van der Waals surface area contributed by atoms with Gasteiger partial charge in [0.2, 0.25) is 0 Å². The predicted molar refractivity (Wildman–Crippen MR) is 96.8 cm³/mol. The minimum absolute atomic E-state index is 0.185. The molecule has 25 heavy (non-hydrogen) atoms. The minimum Gasteiger partial charge on any atom is -0.330 e. The molecule has 126 valence electrons. The van der Waals surface area contributed by atoms with E-state index < -0.39 is 0 Å². The predicted octanol–water partition coefficient (Wildman–Crippen LogP) is 3.63. The highest BCUT2D eigenvalue weighted by atomic mass is 16.2. The summed E-state index contributed by atoms with van der Waals surface area (Å²) in [6.45, 7) is 1.91. The van der Waals surface area contributed by atoms with E-state index in [9.17, 15) is 4.79 Å². The summed E-state index contributed by atoms with van der Waals surface area (Å²) >= 11 is 0. The first kappa shape index (κ1) is 16.6. The van der Waals surface area contributed by atoms with Gasteiger partial charge in [0.1, 0.15) is 0 Å². The van der Waals surface area contributed by atoms with Crippen molar-refractivity contribution in [2.45, 2.75) is 19.0 Å². The molecule has 2 heterocycles. The fourth-order valence-electron chi connectivity index (χ4n) is 2.64. The molecular weight excluding hydrogens is 312 g/mol. The number of nitrogens with one attached hydrogen (secondary N) is 2. The van der Waals surface area contributed by atoms with Crippen LogP contribution in [0.1, 0.15) is 35.8 Å². The van der Waals surface area contributed by atoms with Crippen molar-refractivity contribution in [3.8, 4) is 0 Å². The molecule has 3 aromatic rings. The summed E-state index contributed by atoms with van der Waals surface area (Å²) in [4.78, 5) is 20.8. The van der Waals surface area contributed by atoms with Gasteiger partial charge in [-0.05, 0) is 42.3 Å². The van der Waals surface area contributed by atoms with Gasteiger partial charge in [-0.2, -0.15) is 0 Å². The number of nitrogens with zero attached hydrogens (tertiary/aromatic N) is 2. The smallest absolute Gasteiger partial charge is 0.316 e. The molecule has 0 saturated heterocycles. The maximum atomic E-state index is 12.5. The second-order valence-corrected chi connectivity index (χ2v) is 5.72. The van der Waals surface area contributed by atoms with E-state index in [1.165, 1.54) is 0 Å². The lowest BCUT2D eigenvalue weighted by Crippen LogP contribution is -2.39. The first-order chi connectivity index (χ1) is 12.2. The van der Waals surface area contributed by atoms with E-state index in [4.69, 9.17) is 0 Å². The summed E-state index contributed by atoms with van der Waals surface area (Å²) < 4.78 is 0. The highest BCUT2D eigenvalue weighted by Crippen LogP contribution is 2.21. The fraction of sp³-hybridized carbons (Fsp3) is 0.150. The topological polar surface area (TPSA) is 66.9 Å². The van der Waals surface area contributed by atoms with Gasteiger partial charge in [-0.15, -0.1) is 0 Å². The van der Waals surface area contributed by atoms with Crippen molar-refractivity contribution in [3.05, 3.63) is 96.1 Å². The summed E-state index contributed by atoms with van der Waals surface area (Å²) in [6.07, 6.45) is 5.16. The van der Waals surface area contributed by atoms with E-state index in [2.05, 4.69) is 20.6 Å². The van der Waals surface area contributed by atoms with E-state index in [1.807, 2.05) is 67.6 Å². The Hall–Kier alpha value is -3.21. The molecule has 0 aliphatic heterocycles. The molecule has 0 aliphatic rings. The number of carbonyl (C=O) groups excluding carboxylic acids is 1. The Morgan fingerprint density at radius 1 is 0.840 bits per heavy atom. The van der Waals surface area contributed by atoms with Crippen LogP contribution in [-0.2, 0) is 0 Å². The molecule has 0 saturated carbocycles. The standard InChI is InChI=1S/C20H20N4O/c1-15(18-9-5-6-12-22-18)23-20(25)24-19(16-7-3-2-4-8-16)17-10-13-21-14-11-17/h2-15,19H,1H3,(H2,23,24,25)/t15-,19-/m0/s1. The number of hydrogen-bond acceptors (Lipinski definition) is 3. The number of rotatable bonds is 5. The average molecular weight is 332 g/mol.